The van der Waals surface area contributed by atoms with Crippen LogP contribution in [0.3, 0.4) is 0 Å². The van der Waals surface area contributed by atoms with Crippen LogP contribution in [-0.4, -0.2) is 11.9 Å². The van der Waals surface area contributed by atoms with Gasteiger partial charge < -0.3 is 4.74 Å². The highest BCUT2D eigenvalue weighted by Crippen LogP contribution is 2.51. The first-order valence-electron chi connectivity index (χ1n) is 6.16. The Morgan fingerprint density at radius 1 is 1.18 bits per heavy atom. The average Bonchev–Trinajstić information content (AvgIpc) is 2.83. The number of ether oxygens (including phenoxy) is 1. The molecule has 3 rings (SSSR count). The maximum Gasteiger partial charge on any atom is 0.146 e. The second-order valence-corrected chi connectivity index (χ2v) is 5.97. The molecule has 0 amide bonds. The number of carbonyl (C=O) groups is 1. The highest BCUT2D eigenvalue weighted by Gasteiger charge is 2.57. The Morgan fingerprint density at radius 2 is 1.82 bits per heavy atom. The SMILES string of the molecule is O=C1CC(Oc2ccc(Br)cc2)C12CCCC2. The molecule has 0 aromatic heterocycles. The Bertz CT molecular complexity index is 432. The van der Waals surface area contributed by atoms with Crippen molar-refractivity contribution in [1.29, 1.82) is 0 Å². The number of carbonyl (C=O) groups excluding carboxylic acids is 1. The zero-order valence-electron chi connectivity index (χ0n) is 9.62. The van der Waals surface area contributed by atoms with Crippen LogP contribution in [0.25, 0.3) is 0 Å². The van der Waals surface area contributed by atoms with Crippen molar-refractivity contribution in [2.75, 3.05) is 0 Å². The van der Waals surface area contributed by atoms with Gasteiger partial charge >= 0.3 is 0 Å². The number of benzene rings is 1. The van der Waals surface area contributed by atoms with Crippen molar-refractivity contribution in [2.45, 2.75) is 38.2 Å². The third-order valence-electron chi connectivity index (χ3n) is 4.13. The van der Waals surface area contributed by atoms with Crippen molar-refractivity contribution in [3.05, 3.63) is 28.7 Å². The normalized spacial score (nSPS) is 25.9. The van der Waals surface area contributed by atoms with Gasteiger partial charge in [0.25, 0.3) is 0 Å². The second-order valence-electron chi connectivity index (χ2n) is 5.05. The van der Waals surface area contributed by atoms with E-state index in [1.54, 1.807) is 0 Å². The van der Waals surface area contributed by atoms with Crippen LogP contribution in [-0.2, 0) is 4.79 Å². The lowest BCUT2D eigenvalue weighted by Gasteiger charge is -2.44. The molecule has 3 heteroatoms. The molecular weight excluding hydrogens is 280 g/mol. The van der Waals surface area contributed by atoms with Crippen molar-refractivity contribution in [3.63, 3.8) is 0 Å². The minimum Gasteiger partial charge on any atom is -0.489 e. The Balaban J connectivity index is 1.74. The third kappa shape index (κ3) is 1.81. The van der Waals surface area contributed by atoms with Crippen LogP contribution in [0.5, 0.6) is 5.75 Å². The lowest BCUT2D eigenvalue weighted by atomic mass is 9.63. The predicted molar refractivity (Wildman–Crippen MR) is 69.1 cm³/mol. The maximum atomic E-state index is 11.8. The van der Waals surface area contributed by atoms with Crippen LogP contribution >= 0.6 is 15.9 Å². The molecule has 1 unspecified atom stereocenters. The summed E-state index contributed by atoms with van der Waals surface area (Å²) in [7, 11) is 0. The largest absolute Gasteiger partial charge is 0.489 e. The first-order valence-corrected chi connectivity index (χ1v) is 6.95. The van der Waals surface area contributed by atoms with Gasteiger partial charge in [0.1, 0.15) is 17.6 Å². The molecule has 2 fully saturated rings. The van der Waals surface area contributed by atoms with Crippen LogP contribution in [0.4, 0.5) is 0 Å². The van der Waals surface area contributed by atoms with Gasteiger partial charge in [-0.1, -0.05) is 28.8 Å². The van der Waals surface area contributed by atoms with Gasteiger partial charge in [-0.05, 0) is 37.1 Å². The van der Waals surface area contributed by atoms with Gasteiger partial charge in [-0.3, -0.25) is 4.79 Å². The van der Waals surface area contributed by atoms with Crippen LogP contribution in [0.2, 0.25) is 0 Å². The standard InChI is InChI=1S/C14H15BrO2/c15-10-3-5-11(6-4-10)17-13-9-12(16)14(13)7-1-2-8-14/h3-6,13H,1-2,7-9H2. The summed E-state index contributed by atoms with van der Waals surface area (Å²) >= 11 is 3.40. The molecule has 90 valence electrons. The van der Waals surface area contributed by atoms with Gasteiger partial charge in [0.15, 0.2) is 0 Å². The number of hydrogen-bond acceptors (Lipinski definition) is 2. The molecule has 1 aromatic carbocycles. The van der Waals surface area contributed by atoms with E-state index in [1.807, 2.05) is 24.3 Å². The lowest BCUT2D eigenvalue weighted by Crippen LogP contribution is -2.55. The summed E-state index contributed by atoms with van der Waals surface area (Å²) in [5, 5.41) is 0. The monoisotopic (exact) mass is 294 g/mol. The summed E-state index contributed by atoms with van der Waals surface area (Å²) in [6.07, 6.45) is 5.09. The minimum atomic E-state index is -0.132. The van der Waals surface area contributed by atoms with Crippen LogP contribution in [0.1, 0.15) is 32.1 Å². The molecule has 1 aromatic rings. The van der Waals surface area contributed by atoms with E-state index in [0.29, 0.717) is 12.2 Å². The number of Topliss-reactive ketones (excluding diaryl/α,β-unsaturated/α-hetero) is 1. The number of ketones is 1. The van der Waals surface area contributed by atoms with E-state index in [2.05, 4.69) is 15.9 Å². The molecule has 0 aliphatic heterocycles. The van der Waals surface area contributed by atoms with E-state index in [4.69, 9.17) is 4.74 Å². The van der Waals surface area contributed by atoms with Crippen molar-refractivity contribution >= 4 is 21.7 Å². The van der Waals surface area contributed by atoms with Crippen molar-refractivity contribution in [3.8, 4) is 5.75 Å². The molecule has 0 bridgehead atoms. The van der Waals surface area contributed by atoms with E-state index in [0.717, 1.165) is 23.1 Å². The molecule has 2 aliphatic rings. The van der Waals surface area contributed by atoms with Crippen LogP contribution < -0.4 is 4.74 Å². The summed E-state index contributed by atoms with van der Waals surface area (Å²) < 4.78 is 7.02. The first-order chi connectivity index (χ1) is 8.21. The van der Waals surface area contributed by atoms with E-state index in [1.165, 1.54) is 12.8 Å². The molecule has 2 saturated carbocycles. The molecule has 0 N–H and O–H groups in total. The Morgan fingerprint density at radius 3 is 2.41 bits per heavy atom. The predicted octanol–water partition coefficient (Wildman–Crippen LogP) is 3.73. The van der Waals surface area contributed by atoms with E-state index in [-0.39, 0.29) is 11.5 Å². The summed E-state index contributed by atoms with van der Waals surface area (Å²) in [5.74, 6) is 1.29. The van der Waals surface area contributed by atoms with Gasteiger partial charge in [-0.2, -0.15) is 0 Å². The van der Waals surface area contributed by atoms with Crippen LogP contribution in [0.15, 0.2) is 28.7 Å². The smallest absolute Gasteiger partial charge is 0.146 e. The van der Waals surface area contributed by atoms with E-state index in [9.17, 15) is 4.79 Å². The zero-order chi connectivity index (χ0) is 11.9. The van der Waals surface area contributed by atoms with E-state index < -0.39 is 0 Å². The third-order valence-corrected chi connectivity index (χ3v) is 4.66. The average molecular weight is 295 g/mol. The highest BCUT2D eigenvalue weighted by molar-refractivity contribution is 9.10. The van der Waals surface area contributed by atoms with Gasteiger partial charge in [0, 0.05) is 10.9 Å². The highest BCUT2D eigenvalue weighted by atomic mass is 79.9. The molecule has 0 saturated heterocycles. The van der Waals surface area contributed by atoms with Crippen molar-refractivity contribution < 1.29 is 9.53 Å². The maximum absolute atomic E-state index is 11.8. The van der Waals surface area contributed by atoms with Gasteiger partial charge in [0.05, 0.1) is 5.41 Å². The fourth-order valence-electron chi connectivity index (χ4n) is 3.05. The number of rotatable bonds is 2. The van der Waals surface area contributed by atoms with E-state index >= 15 is 0 Å². The molecule has 0 radical (unpaired) electrons. The fourth-order valence-corrected chi connectivity index (χ4v) is 3.32. The summed E-state index contributed by atoms with van der Waals surface area (Å²) in [6.45, 7) is 0. The topological polar surface area (TPSA) is 26.3 Å². The molecular formula is C14H15BrO2. The minimum absolute atomic E-state index is 0.110. The van der Waals surface area contributed by atoms with Gasteiger partial charge in [-0.25, -0.2) is 0 Å². The molecule has 2 aliphatic carbocycles. The van der Waals surface area contributed by atoms with Crippen LogP contribution in [0, 0.1) is 5.41 Å². The molecule has 0 heterocycles. The van der Waals surface area contributed by atoms with Crippen molar-refractivity contribution in [1.82, 2.24) is 0 Å². The summed E-state index contributed by atoms with van der Waals surface area (Å²) in [5.41, 5.74) is -0.132. The van der Waals surface area contributed by atoms with Crippen molar-refractivity contribution in [2.24, 2.45) is 5.41 Å². The van der Waals surface area contributed by atoms with Gasteiger partial charge in [-0.15, -0.1) is 0 Å². The zero-order valence-corrected chi connectivity index (χ0v) is 11.2. The molecule has 17 heavy (non-hydrogen) atoms. The Hall–Kier alpha value is -0.830. The Labute approximate surface area is 109 Å². The molecule has 1 atom stereocenters. The lowest BCUT2D eigenvalue weighted by molar-refractivity contribution is -0.151. The summed E-state index contributed by atoms with van der Waals surface area (Å²) in [4.78, 5) is 11.8. The van der Waals surface area contributed by atoms with Gasteiger partial charge in [0.2, 0.25) is 0 Å². The summed E-state index contributed by atoms with van der Waals surface area (Å²) in [6, 6.07) is 7.85. The second kappa shape index (κ2) is 4.13. The number of halogens is 1. The number of hydrogen-bond donors (Lipinski definition) is 0. The fraction of sp³-hybridized carbons (Fsp3) is 0.500. The molecule has 2 nitrogen and oxygen atoms in total. The molecule has 1 spiro atoms. The first kappa shape index (κ1) is 11.3. The Kier molecular flexibility index (Phi) is 2.74. The quantitative estimate of drug-likeness (QED) is 0.831.